The van der Waals surface area contributed by atoms with E-state index < -0.39 is 40.0 Å². The SMILES string of the molecule is C=CC(=O)N1CC2CSc3c(F)c(-c4c(O)ccc(F)c4F)cc4c3c(nc(=O)n4-c3c(C)ccnc3C(C)C)N2CC1C. The number of hydrogen-bond acceptors (Lipinski definition) is 7. The molecule has 4 aromatic rings. The van der Waals surface area contributed by atoms with Crippen molar-refractivity contribution in [3.8, 4) is 22.6 Å². The molecule has 0 spiro atoms. The zero-order valence-corrected chi connectivity index (χ0v) is 25.4. The molecule has 0 radical (unpaired) electrons. The van der Waals surface area contributed by atoms with Crippen molar-refractivity contribution in [2.75, 3.05) is 23.7 Å². The number of pyridine rings is 1. The maximum Gasteiger partial charge on any atom is 0.354 e. The van der Waals surface area contributed by atoms with E-state index in [1.54, 1.807) is 17.2 Å². The summed E-state index contributed by atoms with van der Waals surface area (Å²) >= 11 is 1.14. The highest BCUT2D eigenvalue weighted by molar-refractivity contribution is 7.99. The number of carbonyl (C=O) groups excluding carboxylic acids is 1. The number of aromatic nitrogens is 3. The number of nitrogens with zero attached hydrogens (tertiary/aromatic N) is 5. The quantitative estimate of drug-likeness (QED) is 0.293. The Morgan fingerprint density at radius 1 is 1.18 bits per heavy atom. The van der Waals surface area contributed by atoms with Crippen LogP contribution in [0.2, 0.25) is 0 Å². The van der Waals surface area contributed by atoms with Crippen LogP contribution in [0.4, 0.5) is 19.0 Å². The number of rotatable bonds is 4. The molecule has 2 atom stereocenters. The highest BCUT2D eigenvalue weighted by Crippen LogP contribution is 2.47. The van der Waals surface area contributed by atoms with Crippen molar-refractivity contribution >= 4 is 34.4 Å². The Bertz CT molecular complexity index is 1930. The summed E-state index contributed by atoms with van der Waals surface area (Å²) in [6.07, 6.45) is 2.89. The molecule has 2 aromatic heterocycles. The van der Waals surface area contributed by atoms with E-state index in [0.717, 1.165) is 23.9 Å². The first kappa shape index (κ1) is 29.7. The van der Waals surface area contributed by atoms with Gasteiger partial charge < -0.3 is 14.9 Å². The number of halogens is 3. The number of fused-ring (bicyclic) bond motifs is 2. The summed E-state index contributed by atoms with van der Waals surface area (Å²) in [6, 6.07) is 4.14. The number of thioether (sulfide) groups is 1. The van der Waals surface area contributed by atoms with E-state index in [0.29, 0.717) is 34.6 Å². The van der Waals surface area contributed by atoms with Crippen LogP contribution in [0.5, 0.6) is 5.75 Å². The Labute approximate surface area is 255 Å². The molecule has 0 aliphatic carbocycles. The highest BCUT2D eigenvalue weighted by atomic mass is 32.2. The van der Waals surface area contributed by atoms with E-state index in [2.05, 4.69) is 16.5 Å². The molecular weight excluding hydrogens is 591 g/mol. The van der Waals surface area contributed by atoms with E-state index in [-0.39, 0.29) is 46.7 Å². The van der Waals surface area contributed by atoms with E-state index >= 15 is 8.78 Å². The van der Waals surface area contributed by atoms with Crippen LogP contribution in [-0.4, -0.2) is 61.4 Å². The summed E-state index contributed by atoms with van der Waals surface area (Å²) in [7, 11) is 0. The maximum atomic E-state index is 16.7. The molecule has 2 aromatic carbocycles. The third-order valence-electron chi connectivity index (χ3n) is 8.32. The number of piperazine rings is 1. The lowest BCUT2D eigenvalue weighted by Crippen LogP contribution is -2.60. The van der Waals surface area contributed by atoms with Crippen molar-refractivity contribution in [2.24, 2.45) is 0 Å². The van der Waals surface area contributed by atoms with Crippen LogP contribution < -0.4 is 10.6 Å². The molecular formula is C32H30F3N5O3S. The molecule has 4 heterocycles. The fourth-order valence-electron chi connectivity index (χ4n) is 6.18. The summed E-state index contributed by atoms with van der Waals surface area (Å²) in [6.45, 7) is 11.8. The maximum absolute atomic E-state index is 16.7. The molecule has 1 N–H and O–H groups in total. The molecule has 44 heavy (non-hydrogen) atoms. The largest absolute Gasteiger partial charge is 0.507 e. The Balaban J connectivity index is 1.73. The third kappa shape index (κ3) is 4.54. The van der Waals surface area contributed by atoms with Crippen LogP contribution in [0.1, 0.15) is 37.9 Å². The first-order chi connectivity index (χ1) is 20.9. The van der Waals surface area contributed by atoms with Crippen molar-refractivity contribution in [1.82, 2.24) is 19.4 Å². The summed E-state index contributed by atoms with van der Waals surface area (Å²) in [4.78, 5) is 39.5. The summed E-state index contributed by atoms with van der Waals surface area (Å²) in [5.41, 5.74) is 0.256. The van der Waals surface area contributed by atoms with Gasteiger partial charge in [-0.15, -0.1) is 11.8 Å². The molecule has 8 nitrogen and oxygen atoms in total. The van der Waals surface area contributed by atoms with E-state index in [1.807, 2.05) is 32.6 Å². The lowest BCUT2D eigenvalue weighted by Gasteiger charge is -2.45. The average molecular weight is 622 g/mol. The molecule has 0 saturated carbocycles. The second kappa shape index (κ2) is 11.0. The van der Waals surface area contributed by atoms with Crippen LogP contribution in [0.15, 0.2) is 52.8 Å². The van der Waals surface area contributed by atoms with Gasteiger partial charge in [0, 0.05) is 36.6 Å². The fourth-order valence-corrected chi connectivity index (χ4v) is 7.40. The van der Waals surface area contributed by atoms with Crippen LogP contribution in [0.25, 0.3) is 27.7 Å². The van der Waals surface area contributed by atoms with Gasteiger partial charge in [0.25, 0.3) is 0 Å². The van der Waals surface area contributed by atoms with E-state index in [1.165, 1.54) is 16.7 Å². The number of hydrogen-bond donors (Lipinski definition) is 1. The Kier molecular flexibility index (Phi) is 7.43. The topological polar surface area (TPSA) is 91.6 Å². The molecule has 6 rings (SSSR count). The normalized spacial score (nSPS) is 18.0. The first-order valence-corrected chi connectivity index (χ1v) is 15.2. The molecule has 2 aliphatic heterocycles. The van der Waals surface area contributed by atoms with Gasteiger partial charge in [-0.2, -0.15) is 4.98 Å². The fraction of sp³-hybridized carbons (Fsp3) is 0.312. The molecule has 0 bridgehead atoms. The van der Waals surface area contributed by atoms with Gasteiger partial charge in [0.15, 0.2) is 11.6 Å². The Hall–Kier alpha value is -4.32. The molecule has 1 fully saturated rings. The van der Waals surface area contributed by atoms with E-state index in [9.17, 15) is 19.1 Å². The van der Waals surface area contributed by atoms with Gasteiger partial charge in [-0.25, -0.2) is 18.0 Å². The summed E-state index contributed by atoms with van der Waals surface area (Å²) in [5.74, 6) is -4.01. The third-order valence-corrected chi connectivity index (χ3v) is 9.54. The number of aryl methyl sites for hydroxylation is 1. The lowest BCUT2D eigenvalue weighted by molar-refractivity contribution is -0.128. The van der Waals surface area contributed by atoms with Crippen molar-refractivity contribution in [2.45, 2.75) is 50.6 Å². The van der Waals surface area contributed by atoms with Crippen molar-refractivity contribution < 1.29 is 23.1 Å². The second-order valence-electron chi connectivity index (χ2n) is 11.4. The minimum atomic E-state index is -1.41. The smallest absolute Gasteiger partial charge is 0.354 e. The number of amides is 1. The second-order valence-corrected chi connectivity index (χ2v) is 12.5. The first-order valence-electron chi connectivity index (χ1n) is 14.2. The molecule has 1 amide bonds. The standard InChI is InChI=1S/C32H30F3N5O3S/c1-6-23(42)38-13-18-14-44-30-25-21(11-19(26(30)34)24-22(41)8-7-20(33)27(24)35)40(29-16(4)9-10-36-28(29)15(2)3)32(43)37-31(25)39(18)12-17(38)5/h6-11,15,17-18,41H,1,12-14H2,2-5H3. The lowest BCUT2D eigenvalue weighted by atomic mass is 9.99. The number of benzene rings is 2. The zero-order chi connectivity index (χ0) is 31.6. The van der Waals surface area contributed by atoms with Crippen molar-refractivity contribution in [1.29, 1.82) is 0 Å². The van der Waals surface area contributed by atoms with Crippen LogP contribution in [0.3, 0.4) is 0 Å². The summed E-state index contributed by atoms with van der Waals surface area (Å²) < 4.78 is 47.7. The molecule has 228 valence electrons. The Morgan fingerprint density at radius 3 is 2.64 bits per heavy atom. The van der Waals surface area contributed by atoms with Crippen LogP contribution in [-0.2, 0) is 4.79 Å². The van der Waals surface area contributed by atoms with Crippen LogP contribution in [0, 0.1) is 24.4 Å². The molecule has 1 saturated heterocycles. The molecule has 2 aliphatic rings. The van der Waals surface area contributed by atoms with Crippen molar-refractivity contribution in [3.05, 3.63) is 82.3 Å². The van der Waals surface area contributed by atoms with Gasteiger partial charge in [-0.1, -0.05) is 20.4 Å². The average Bonchev–Trinajstić information content (AvgIpc) is 3.14. The number of phenols is 1. The molecule has 12 heteroatoms. The van der Waals surface area contributed by atoms with Crippen LogP contribution >= 0.6 is 11.8 Å². The number of carbonyl (C=O) groups is 1. The van der Waals surface area contributed by atoms with Gasteiger partial charge in [0.2, 0.25) is 5.91 Å². The highest BCUT2D eigenvalue weighted by Gasteiger charge is 2.39. The van der Waals surface area contributed by atoms with Gasteiger partial charge in [0.05, 0.1) is 38.8 Å². The van der Waals surface area contributed by atoms with Crippen molar-refractivity contribution in [3.63, 3.8) is 0 Å². The number of aromatic hydroxyl groups is 1. The molecule has 2 unspecified atom stereocenters. The number of phenolic OH excluding ortho intramolecular Hbond substituents is 1. The predicted molar refractivity (Wildman–Crippen MR) is 164 cm³/mol. The monoisotopic (exact) mass is 621 g/mol. The van der Waals surface area contributed by atoms with Gasteiger partial charge >= 0.3 is 5.69 Å². The minimum Gasteiger partial charge on any atom is -0.507 e. The zero-order valence-electron chi connectivity index (χ0n) is 24.6. The summed E-state index contributed by atoms with van der Waals surface area (Å²) in [5, 5.41) is 11.0. The predicted octanol–water partition coefficient (Wildman–Crippen LogP) is 5.70. The van der Waals surface area contributed by atoms with Gasteiger partial charge in [0.1, 0.15) is 17.4 Å². The number of anilines is 1. The Morgan fingerprint density at radius 2 is 1.93 bits per heavy atom. The van der Waals surface area contributed by atoms with Gasteiger partial charge in [-0.3, -0.25) is 14.3 Å². The minimum absolute atomic E-state index is 0.0769. The van der Waals surface area contributed by atoms with E-state index in [4.69, 9.17) is 0 Å². The van der Waals surface area contributed by atoms with Gasteiger partial charge in [-0.05, 0) is 55.7 Å².